The highest BCUT2D eigenvalue weighted by atomic mass is 19.4. The molecule has 3 aromatic rings. The van der Waals surface area contributed by atoms with Crippen molar-refractivity contribution in [3.05, 3.63) is 41.1 Å². The molecule has 0 radical (unpaired) electrons. The lowest BCUT2D eigenvalue weighted by atomic mass is 9.98. The summed E-state index contributed by atoms with van der Waals surface area (Å²) in [6.07, 6.45) is 0.463. The van der Waals surface area contributed by atoms with Crippen LogP contribution < -0.4 is 15.4 Å². The zero-order valence-electron chi connectivity index (χ0n) is 22.1. The van der Waals surface area contributed by atoms with Gasteiger partial charge in [-0.15, -0.1) is 0 Å². The van der Waals surface area contributed by atoms with Crippen LogP contribution in [0.2, 0.25) is 0 Å². The van der Waals surface area contributed by atoms with Crippen LogP contribution in [0.5, 0.6) is 5.75 Å². The molecule has 0 saturated carbocycles. The third kappa shape index (κ3) is 4.24. The standard InChI is InChI=1S/C28H31F3N6O3/c1-32-22-11-23(35-26-24(22)20(12-33-26)28(29,30)31)34-21-3-2-19(18-6-9-39-25(18)21)27(38)36-7-4-15(5-8-36)37-13-17-10-16(37)14-40-17/h2-3,11-12,15-17H,4-10,13-14H2,1H3,(H3,32,33,34,35)/t16-,17?/m0/s1. The number of hydrogen-bond donors (Lipinski definition) is 3. The molecular formula is C28H31F3N6O3. The van der Waals surface area contributed by atoms with Gasteiger partial charge in [-0.25, -0.2) is 4.98 Å². The van der Waals surface area contributed by atoms with E-state index in [1.807, 2.05) is 11.0 Å². The summed E-state index contributed by atoms with van der Waals surface area (Å²) in [5, 5.41) is 6.03. The fraction of sp³-hybridized carbons (Fsp3) is 0.500. The first-order chi connectivity index (χ1) is 19.3. The van der Waals surface area contributed by atoms with Crippen LogP contribution in [0.3, 0.4) is 0 Å². The number of halogens is 3. The minimum atomic E-state index is -4.50. The molecule has 4 aliphatic rings. The number of likely N-dealkylation sites (tertiary alicyclic amines) is 2. The van der Waals surface area contributed by atoms with Gasteiger partial charge in [0.15, 0.2) is 0 Å². The number of benzene rings is 1. The van der Waals surface area contributed by atoms with Crippen LogP contribution in [0.4, 0.5) is 30.4 Å². The Morgan fingerprint density at radius 3 is 2.70 bits per heavy atom. The van der Waals surface area contributed by atoms with Crippen LogP contribution in [0.25, 0.3) is 11.0 Å². The van der Waals surface area contributed by atoms with Gasteiger partial charge in [0, 0.05) is 74.3 Å². The van der Waals surface area contributed by atoms with Crippen molar-refractivity contribution in [3.63, 3.8) is 0 Å². The highest BCUT2D eigenvalue weighted by Crippen LogP contribution is 2.41. The van der Waals surface area contributed by atoms with Gasteiger partial charge in [-0.05, 0) is 31.4 Å². The molecule has 3 fully saturated rings. The van der Waals surface area contributed by atoms with Crippen LogP contribution in [0, 0.1) is 0 Å². The highest BCUT2D eigenvalue weighted by Gasteiger charge is 2.43. The number of aromatic amines is 1. The molecule has 1 aromatic carbocycles. The normalized spacial score (nSPS) is 23.1. The molecule has 40 heavy (non-hydrogen) atoms. The summed E-state index contributed by atoms with van der Waals surface area (Å²) < 4.78 is 52.1. The smallest absolute Gasteiger partial charge is 0.418 e. The van der Waals surface area contributed by atoms with E-state index in [0.29, 0.717) is 59.7 Å². The first kappa shape index (κ1) is 25.5. The van der Waals surface area contributed by atoms with Crippen molar-refractivity contribution in [2.24, 2.45) is 0 Å². The predicted molar refractivity (Wildman–Crippen MR) is 143 cm³/mol. The first-order valence-corrected chi connectivity index (χ1v) is 13.8. The number of H-pyrrole nitrogens is 1. The number of hydrogen-bond acceptors (Lipinski definition) is 7. The fourth-order valence-electron chi connectivity index (χ4n) is 6.80. The van der Waals surface area contributed by atoms with E-state index >= 15 is 0 Å². The van der Waals surface area contributed by atoms with E-state index in [1.54, 1.807) is 13.1 Å². The number of alkyl halides is 3. The molecule has 3 saturated heterocycles. The maximum Gasteiger partial charge on any atom is 0.418 e. The highest BCUT2D eigenvalue weighted by molar-refractivity contribution is 5.98. The summed E-state index contributed by atoms with van der Waals surface area (Å²) in [6, 6.07) is 6.17. The molecule has 0 aliphatic carbocycles. The topological polar surface area (TPSA) is 94.8 Å². The van der Waals surface area contributed by atoms with Crippen molar-refractivity contribution in [2.75, 3.05) is 50.5 Å². The minimum Gasteiger partial charge on any atom is -0.491 e. The number of carbonyl (C=O) groups excluding carboxylic acids is 1. The zero-order chi connectivity index (χ0) is 27.6. The van der Waals surface area contributed by atoms with Gasteiger partial charge in [0.2, 0.25) is 0 Å². The van der Waals surface area contributed by atoms with Crippen molar-refractivity contribution in [3.8, 4) is 5.75 Å². The number of ether oxygens (including phenoxy) is 2. The van der Waals surface area contributed by atoms with E-state index in [-0.39, 0.29) is 16.9 Å². The van der Waals surface area contributed by atoms with E-state index in [1.165, 1.54) is 6.07 Å². The van der Waals surface area contributed by atoms with Gasteiger partial charge >= 0.3 is 6.18 Å². The molecule has 6 heterocycles. The fourth-order valence-corrected chi connectivity index (χ4v) is 6.80. The summed E-state index contributed by atoms with van der Waals surface area (Å²) >= 11 is 0. The molecule has 9 nitrogen and oxygen atoms in total. The second kappa shape index (κ2) is 9.55. The van der Waals surface area contributed by atoms with Crippen molar-refractivity contribution in [1.29, 1.82) is 0 Å². The number of piperidine rings is 1. The van der Waals surface area contributed by atoms with E-state index in [0.717, 1.165) is 57.3 Å². The van der Waals surface area contributed by atoms with E-state index in [9.17, 15) is 18.0 Å². The lowest BCUT2D eigenvalue weighted by Crippen LogP contribution is -2.50. The molecule has 1 amide bonds. The van der Waals surface area contributed by atoms with Crippen molar-refractivity contribution in [2.45, 2.75) is 50.0 Å². The van der Waals surface area contributed by atoms with Crippen LogP contribution >= 0.6 is 0 Å². The second-order valence-corrected chi connectivity index (χ2v) is 11.0. The summed E-state index contributed by atoms with van der Waals surface area (Å²) in [6.45, 7) is 3.74. The predicted octanol–water partition coefficient (Wildman–Crippen LogP) is 4.38. The summed E-state index contributed by atoms with van der Waals surface area (Å²) in [7, 11) is 1.57. The van der Waals surface area contributed by atoms with Gasteiger partial charge in [0.05, 0.1) is 36.0 Å². The lowest BCUT2D eigenvalue weighted by molar-refractivity contribution is -0.136. The average molecular weight is 557 g/mol. The molecule has 212 valence electrons. The summed E-state index contributed by atoms with van der Waals surface area (Å²) in [5.74, 6) is 0.956. The monoisotopic (exact) mass is 556 g/mol. The maximum absolute atomic E-state index is 13.6. The second-order valence-electron chi connectivity index (χ2n) is 11.0. The number of nitrogens with one attached hydrogen (secondary N) is 3. The van der Waals surface area contributed by atoms with Gasteiger partial charge in [0.25, 0.3) is 5.91 Å². The lowest BCUT2D eigenvalue weighted by Gasteiger charge is -2.40. The number of pyridine rings is 1. The van der Waals surface area contributed by atoms with Crippen molar-refractivity contribution < 1.29 is 27.4 Å². The van der Waals surface area contributed by atoms with Crippen molar-refractivity contribution >= 4 is 34.1 Å². The third-order valence-electron chi connectivity index (χ3n) is 8.73. The number of carbonyl (C=O) groups is 1. The number of nitrogens with zero attached hydrogens (tertiary/aromatic N) is 3. The van der Waals surface area contributed by atoms with Crippen LogP contribution in [0.1, 0.15) is 40.7 Å². The molecule has 12 heteroatoms. The zero-order valence-corrected chi connectivity index (χ0v) is 22.1. The SMILES string of the molecule is CNc1cc(Nc2ccc(C(=O)N3CCC(N4CC5C[C@H]4CO5)CC3)c3c2OCC3)nc2[nH]cc(C(F)(F)F)c12. The van der Waals surface area contributed by atoms with E-state index < -0.39 is 11.7 Å². The number of rotatable bonds is 5. The van der Waals surface area contributed by atoms with Crippen molar-refractivity contribution in [1.82, 2.24) is 19.8 Å². The molecular weight excluding hydrogens is 525 g/mol. The largest absolute Gasteiger partial charge is 0.491 e. The Morgan fingerprint density at radius 1 is 1.18 bits per heavy atom. The van der Waals surface area contributed by atoms with E-state index in [2.05, 4.69) is 25.5 Å². The van der Waals surface area contributed by atoms with Gasteiger partial charge in [-0.1, -0.05) is 0 Å². The number of amides is 1. The maximum atomic E-state index is 13.6. The van der Waals surface area contributed by atoms with Gasteiger partial charge in [0.1, 0.15) is 17.2 Å². The molecule has 2 aromatic heterocycles. The van der Waals surface area contributed by atoms with E-state index in [4.69, 9.17) is 9.47 Å². The van der Waals surface area contributed by atoms with Crippen LogP contribution in [-0.2, 0) is 17.3 Å². The Labute approximate surface area is 229 Å². The van der Waals surface area contributed by atoms with Crippen LogP contribution in [0.15, 0.2) is 24.4 Å². The summed E-state index contributed by atoms with van der Waals surface area (Å²) in [4.78, 5) is 25.1. The quantitative estimate of drug-likeness (QED) is 0.430. The average Bonchev–Trinajstić information content (AvgIpc) is 3.76. The van der Waals surface area contributed by atoms with Crippen LogP contribution in [-0.4, -0.2) is 83.8 Å². The minimum absolute atomic E-state index is 0.0149. The number of fused-ring (bicyclic) bond motifs is 4. The Hall–Kier alpha value is -3.51. The number of morpholine rings is 1. The third-order valence-corrected chi connectivity index (χ3v) is 8.73. The number of aromatic nitrogens is 2. The number of anilines is 3. The molecule has 4 aliphatic heterocycles. The molecule has 2 bridgehead atoms. The Kier molecular flexibility index (Phi) is 6.08. The van der Waals surface area contributed by atoms with Gasteiger partial charge in [-0.2, -0.15) is 13.2 Å². The molecule has 2 atom stereocenters. The first-order valence-electron chi connectivity index (χ1n) is 13.8. The van der Waals surface area contributed by atoms with Gasteiger partial charge in [-0.3, -0.25) is 9.69 Å². The Bertz CT molecular complexity index is 1470. The Morgan fingerprint density at radius 2 is 2.00 bits per heavy atom. The summed E-state index contributed by atoms with van der Waals surface area (Å²) in [5.41, 5.74) is 1.74. The molecule has 0 spiro atoms. The molecule has 7 rings (SSSR count). The van der Waals surface area contributed by atoms with Gasteiger partial charge < -0.3 is 30.0 Å². The molecule has 1 unspecified atom stereocenters. The Balaban J connectivity index is 1.10. The molecule has 3 N–H and O–H groups in total.